The minimum Gasteiger partial charge on any atom is -0.489 e. The third kappa shape index (κ3) is 4.80. The Bertz CT molecular complexity index is 649. The Hall–Kier alpha value is -1.86. The van der Waals surface area contributed by atoms with Crippen LogP contribution in [0.15, 0.2) is 53.4 Å². The van der Waals surface area contributed by atoms with Gasteiger partial charge in [0.1, 0.15) is 12.4 Å². The SMILES string of the molecule is FC(F)(F)c1ccccc1S.OCC1COc2ccccc2N1. The summed E-state index contributed by atoms with van der Waals surface area (Å²) in [4.78, 5) is -0.0417. The highest BCUT2D eigenvalue weighted by molar-refractivity contribution is 7.80. The van der Waals surface area contributed by atoms with E-state index in [4.69, 9.17) is 9.84 Å². The molecule has 0 bridgehead atoms. The Morgan fingerprint density at radius 1 is 1.13 bits per heavy atom. The third-order valence-corrected chi connectivity index (χ3v) is 3.51. The van der Waals surface area contributed by atoms with Gasteiger partial charge in [0.25, 0.3) is 0 Å². The molecule has 3 rings (SSSR count). The van der Waals surface area contributed by atoms with Gasteiger partial charge in [0.2, 0.25) is 0 Å². The van der Waals surface area contributed by atoms with Crippen LogP contribution in [-0.4, -0.2) is 24.4 Å². The van der Waals surface area contributed by atoms with Crippen LogP contribution in [0.2, 0.25) is 0 Å². The van der Waals surface area contributed by atoms with Crippen LogP contribution < -0.4 is 10.1 Å². The van der Waals surface area contributed by atoms with Crippen LogP contribution in [0.1, 0.15) is 5.56 Å². The number of hydrogen-bond donors (Lipinski definition) is 3. The van der Waals surface area contributed by atoms with Crippen molar-refractivity contribution >= 4 is 18.3 Å². The first-order valence-corrected chi connectivity index (χ1v) is 7.31. The number of benzene rings is 2. The Morgan fingerprint density at radius 2 is 1.78 bits per heavy atom. The summed E-state index contributed by atoms with van der Waals surface area (Å²) in [6.45, 7) is 0.641. The molecule has 1 heterocycles. The first-order chi connectivity index (χ1) is 10.9. The van der Waals surface area contributed by atoms with Crippen molar-refractivity contribution in [2.75, 3.05) is 18.5 Å². The minimum absolute atomic E-state index is 0.0277. The molecule has 0 aliphatic carbocycles. The summed E-state index contributed by atoms with van der Waals surface area (Å²) in [5.41, 5.74) is 0.270. The number of thiol groups is 1. The van der Waals surface area contributed by atoms with Gasteiger partial charge in [-0.3, -0.25) is 0 Å². The second kappa shape index (κ2) is 7.61. The zero-order valence-electron chi connectivity index (χ0n) is 12.0. The molecule has 0 fully saturated rings. The number of para-hydroxylation sites is 2. The number of ether oxygens (including phenoxy) is 1. The van der Waals surface area contributed by atoms with Crippen molar-refractivity contribution in [3.8, 4) is 5.75 Å². The van der Waals surface area contributed by atoms with Gasteiger partial charge in [-0.2, -0.15) is 13.2 Å². The largest absolute Gasteiger partial charge is 0.489 e. The number of hydrogen-bond acceptors (Lipinski definition) is 4. The fourth-order valence-electron chi connectivity index (χ4n) is 1.98. The van der Waals surface area contributed by atoms with Gasteiger partial charge < -0.3 is 15.2 Å². The van der Waals surface area contributed by atoms with Crippen LogP contribution in [0, 0.1) is 0 Å². The maximum absolute atomic E-state index is 12.0. The highest BCUT2D eigenvalue weighted by Gasteiger charge is 2.31. The smallest absolute Gasteiger partial charge is 0.417 e. The maximum atomic E-state index is 12.0. The molecule has 0 saturated carbocycles. The number of halogens is 3. The molecule has 0 amide bonds. The summed E-state index contributed by atoms with van der Waals surface area (Å²) < 4.78 is 41.4. The van der Waals surface area contributed by atoms with E-state index >= 15 is 0 Å². The highest BCUT2D eigenvalue weighted by atomic mass is 32.1. The topological polar surface area (TPSA) is 41.5 Å². The number of alkyl halides is 3. The number of nitrogens with one attached hydrogen (secondary N) is 1. The maximum Gasteiger partial charge on any atom is 0.417 e. The molecule has 0 spiro atoms. The summed E-state index contributed by atoms with van der Waals surface area (Å²) in [7, 11) is 0. The molecule has 1 unspecified atom stereocenters. The van der Waals surface area contributed by atoms with Crippen molar-refractivity contribution in [3.05, 3.63) is 54.1 Å². The molecule has 2 aromatic carbocycles. The van der Waals surface area contributed by atoms with E-state index in [0.29, 0.717) is 6.61 Å². The summed E-state index contributed by atoms with van der Waals surface area (Å²) in [6.07, 6.45) is -4.29. The van der Waals surface area contributed by atoms with Crippen molar-refractivity contribution in [2.45, 2.75) is 17.1 Å². The standard InChI is InChI=1S/C9H11NO2.C7H5F3S/c11-5-7-6-12-9-4-2-1-3-8(9)10-7;8-7(9,10)5-3-1-2-4-6(5)11/h1-4,7,10-11H,5-6H2;1-4,11H. The summed E-state index contributed by atoms with van der Waals surface area (Å²) in [5, 5.41) is 12.0. The first kappa shape index (κ1) is 17.5. The zero-order valence-corrected chi connectivity index (χ0v) is 12.9. The van der Waals surface area contributed by atoms with E-state index in [1.807, 2.05) is 24.3 Å². The number of anilines is 1. The molecule has 23 heavy (non-hydrogen) atoms. The summed E-state index contributed by atoms with van der Waals surface area (Å²) in [5.74, 6) is 0.863. The van der Waals surface area contributed by atoms with Crippen LogP contribution in [-0.2, 0) is 6.18 Å². The van der Waals surface area contributed by atoms with E-state index < -0.39 is 11.7 Å². The molecule has 0 radical (unpaired) electrons. The van der Waals surface area contributed by atoms with Gasteiger partial charge in [-0.25, -0.2) is 0 Å². The fourth-order valence-corrected chi connectivity index (χ4v) is 2.26. The second-order valence-electron chi connectivity index (χ2n) is 4.85. The van der Waals surface area contributed by atoms with E-state index in [2.05, 4.69) is 17.9 Å². The lowest BCUT2D eigenvalue weighted by Crippen LogP contribution is -2.34. The predicted octanol–water partition coefficient (Wildman–Crippen LogP) is 3.85. The molecule has 0 aromatic heterocycles. The number of fused-ring (bicyclic) bond motifs is 1. The molecule has 3 nitrogen and oxygen atoms in total. The van der Waals surface area contributed by atoms with Crippen LogP contribution in [0.5, 0.6) is 5.75 Å². The zero-order chi connectivity index (χ0) is 16.9. The fraction of sp³-hybridized carbons (Fsp3) is 0.250. The van der Waals surface area contributed by atoms with E-state index in [9.17, 15) is 13.2 Å². The number of aliphatic hydroxyl groups excluding tert-OH is 1. The minimum atomic E-state index is -4.29. The van der Waals surface area contributed by atoms with Crippen molar-refractivity contribution in [1.29, 1.82) is 0 Å². The van der Waals surface area contributed by atoms with Crippen molar-refractivity contribution in [2.24, 2.45) is 0 Å². The first-order valence-electron chi connectivity index (χ1n) is 6.86. The Labute approximate surface area is 137 Å². The summed E-state index contributed by atoms with van der Waals surface area (Å²) in [6, 6.07) is 12.9. The molecular formula is C16H16F3NO2S. The molecular weight excluding hydrogens is 327 g/mol. The van der Waals surface area contributed by atoms with Gasteiger partial charge in [-0.1, -0.05) is 24.3 Å². The van der Waals surface area contributed by atoms with Crippen molar-refractivity contribution in [3.63, 3.8) is 0 Å². The van der Waals surface area contributed by atoms with E-state index in [0.717, 1.165) is 17.5 Å². The lowest BCUT2D eigenvalue weighted by Gasteiger charge is -2.25. The van der Waals surface area contributed by atoms with Crippen LogP contribution in [0.25, 0.3) is 0 Å². The molecule has 0 saturated heterocycles. The Kier molecular flexibility index (Phi) is 5.79. The average Bonchev–Trinajstić information content (AvgIpc) is 2.54. The average molecular weight is 343 g/mol. The van der Waals surface area contributed by atoms with Crippen LogP contribution >= 0.6 is 12.6 Å². The van der Waals surface area contributed by atoms with E-state index in [-0.39, 0.29) is 17.5 Å². The predicted molar refractivity (Wildman–Crippen MR) is 85.1 cm³/mol. The highest BCUT2D eigenvalue weighted by Crippen LogP contribution is 2.33. The van der Waals surface area contributed by atoms with E-state index in [1.54, 1.807) is 0 Å². The van der Waals surface area contributed by atoms with Gasteiger partial charge in [-0.05, 0) is 24.3 Å². The number of rotatable bonds is 1. The van der Waals surface area contributed by atoms with Gasteiger partial charge >= 0.3 is 6.18 Å². The van der Waals surface area contributed by atoms with Crippen LogP contribution in [0.4, 0.5) is 18.9 Å². The second-order valence-corrected chi connectivity index (χ2v) is 5.33. The third-order valence-electron chi connectivity index (χ3n) is 3.12. The van der Waals surface area contributed by atoms with Gasteiger partial charge in [-0.15, -0.1) is 12.6 Å². The molecule has 2 N–H and O–H groups in total. The molecule has 1 aliphatic rings. The quantitative estimate of drug-likeness (QED) is 0.689. The number of aliphatic hydroxyl groups is 1. The molecule has 1 aliphatic heterocycles. The van der Waals surface area contributed by atoms with Gasteiger partial charge in [0.05, 0.1) is 23.9 Å². The van der Waals surface area contributed by atoms with E-state index in [1.165, 1.54) is 18.2 Å². The Morgan fingerprint density at radius 3 is 2.39 bits per heavy atom. The van der Waals surface area contributed by atoms with Crippen molar-refractivity contribution < 1.29 is 23.0 Å². The summed E-state index contributed by atoms with van der Waals surface area (Å²) >= 11 is 3.67. The lowest BCUT2D eigenvalue weighted by molar-refractivity contribution is -0.139. The van der Waals surface area contributed by atoms with Crippen LogP contribution in [0.3, 0.4) is 0 Å². The normalized spacial score (nSPS) is 16.3. The van der Waals surface area contributed by atoms with Gasteiger partial charge in [0, 0.05) is 4.90 Å². The van der Waals surface area contributed by atoms with Crippen molar-refractivity contribution in [1.82, 2.24) is 0 Å². The lowest BCUT2D eigenvalue weighted by atomic mass is 10.2. The molecule has 7 heteroatoms. The van der Waals surface area contributed by atoms with Gasteiger partial charge in [0.15, 0.2) is 0 Å². The Balaban J connectivity index is 0.000000168. The molecule has 124 valence electrons. The monoisotopic (exact) mass is 343 g/mol. The molecule has 1 atom stereocenters. The molecule has 2 aromatic rings.